The lowest BCUT2D eigenvalue weighted by atomic mass is 10.0. The molecule has 1 atom stereocenters. The number of amides is 1. The van der Waals surface area contributed by atoms with Crippen molar-refractivity contribution in [2.75, 3.05) is 35.6 Å². The molecule has 1 amide bonds. The zero-order chi connectivity index (χ0) is 24.3. The van der Waals surface area contributed by atoms with Crippen LogP contribution in [0, 0.1) is 5.82 Å². The van der Waals surface area contributed by atoms with E-state index in [0.717, 1.165) is 25.6 Å². The van der Waals surface area contributed by atoms with Crippen molar-refractivity contribution < 1.29 is 22.4 Å². The highest BCUT2D eigenvalue weighted by atomic mass is 19.4. The van der Waals surface area contributed by atoms with Crippen molar-refractivity contribution >= 4 is 28.5 Å². The molecule has 0 aliphatic carbocycles. The molecule has 182 valence electrons. The molecule has 1 unspecified atom stereocenters. The number of anilines is 3. The Bertz CT molecular complexity index is 1080. The number of carbonyl (C=O) groups is 1. The van der Waals surface area contributed by atoms with Gasteiger partial charge in [-0.2, -0.15) is 13.2 Å². The van der Waals surface area contributed by atoms with E-state index in [4.69, 9.17) is 0 Å². The number of hydrogen-bond acceptors (Lipinski definition) is 4. The second kappa shape index (κ2) is 10.0. The van der Waals surface area contributed by atoms with Crippen LogP contribution in [-0.4, -0.2) is 36.5 Å². The van der Waals surface area contributed by atoms with Gasteiger partial charge in [0.1, 0.15) is 5.82 Å². The quantitative estimate of drug-likeness (QED) is 0.264. The molecule has 0 saturated carbocycles. The first kappa shape index (κ1) is 24.1. The smallest absolute Gasteiger partial charge is 0.385 e. The summed E-state index contributed by atoms with van der Waals surface area (Å²) in [6, 6.07) is 8.33. The fraction of sp³-hybridized carbons (Fsp3) is 0.400. The molecule has 0 radical (unpaired) electrons. The van der Waals surface area contributed by atoms with Gasteiger partial charge in [-0.15, -0.1) is 0 Å². The van der Waals surface area contributed by atoms with Crippen LogP contribution in [0.5, 0.6) is 0 Å². The van der Waals surface area contributed by atoms with Crippen molar-refractivity contribution in [3.63, 3.8) is 0 Å². The molecule has 34 heavy (non-hydrogen) atoms. The fourth-order valence-electron chi connectivity index (χ4n) is 4.48. The molecule has 0 spiro atoms. The fourth-order valence-corrected chi connectivity index (χ4v) is 4.48. The first-order chi connectivity index (χ1) is 16.2. The molecule has 1 fully saturated rings. The normalized spacial score (nSPS) is 19.7. The van der Waals surface area contributed by atoms with Crippen LogP contribution in [0.15, 0.2) is 42.6 Å². The number of carbonyl (C=O) groups excluding carboxylic acids is 1. The predicted molar refractivity (Wildman–Crippen MR) is 126 cm³/mol. The van der Waals surface area contributed by atoms with Crippen LogP contribution in [0.1, 0.15) is 43.7 Å². The number of alkyl halides is 3. The molecule has 5 nitrogen and oxygen atoms in total. The molecule has 4 rings (SSSR count). The third kappa shape index (κ3) is 5.52. The van der Waals surface area contributed by atoms with E-state index in [-0.39, 0.29) is 16.9 Å². The van der Waals surface area contributed by atoms with Crippen LogP contribution >= 0.6 is 0 Å². The minimum Gasteiger partial charge on any atom is -0.385 e. The van der Waals surface area contributed by atoms with Crippen molar-refractivity contribution in [2.24, 2.45) is 0 Å². The van der Waals surface area contributed by atoms with Gasteiger partial charge in [0, 0.05) is 42.3 Å². The summed E-state index contributed by atoms with van der Waals surface area (Å²) in [5, 5.41) is 8.25. The number of benzene rings is 2. The first-order valence-electron chi connectivity index (χ1n) is 11.5. The number of likely N-dealkylation sites (tertiary alicyclic amines) is 1. The summed E-state index contributed by atoms with van der Waals surface area (Å²) in [5.74, 6) is -0.943. The number of fused-ring (bicyclic) bond motifs is 1. The van der Waals surface area contributed by atoms with E-state index in [1.165, 1.54) is 55.8 Å². The summed E-state index contributed by atoms with van der Waals surface area (Å²) in [6.45, 7) is 4.54. The van der Waals surface area contributed by atoms with Crippen molar-refractivity contribution in [2.45, 2.75) is 44.8 Å². The van der Waals surface area contributed by atoms with Crippen molar-refractivity contribution in [3.8, 4) is 0 Å². The first-order valence-corrected chi connectivity index (χ1v) is 11.5. The van der Waals surface area contributed by atoms with E-state index in [1.807, 2.05) is 0 Å². The molecule has 2 heterocycles. The van der Waals surface area contributed by atoms with Gasteiger partial charge in [0.25, 0.3) is 5.91 Å². The standard InChI is InChI=1S/C25H28F4N4O/c1-16-5-2-3-11-33(16)12-4-10-30-22-9-7-18(14-21(22)25(27,28)29)31-15-20-19-8-6-17(26)13-23(19)32-24(20)34/h6-9,13-16,30-31H,2-5,10-12H2,1H3,(H,32,34)/b20-15-. The summed E-state index contributed by atoms with van der Waals surface area (Å²) in [6.07, 6.45) is 1.12. The molecule has 2 aliphatic rings. The van der Waals surface area contributed by atoms with E-state index in [2.05, 4.69) is 27.8 Å². The lowest BCUT2D eigenvalue weighted by Crippen LogP contribution is -2.38. The molecule has 1 saturated heterocycles. The van der Waals surface area contributed by atoms with Crippen molar-refractivity contribution in [1.29, 1.82) is 0 Å². The van der Waals surface area contributed by atoms with Gasteiger partial charge in [0.2, 0.25) is 0 Å². The summed E-state index contributed by atoms with van der Waals surface area (Å²) in [7, 11) is 0. The molecule has 2 aromatic rings. The van der Waals surface area contributed by atoms with Crippen LogP contribution in [0.2, 0.25) is 0 Å². The van der Waals surface area contributed by atoms with Gasteiger partial charge in [-0.3, -0.25) is 4.79 Å². The number of nitrogens with zero attached hydrogens (tertiary/aromatic N) is 1. The second-order valence-electron chi connectivity index (χ2n) is 8.77. The second-order valence-corrected chi connectivity index (χ2v) is 8.77. The van der Waals surface area contributed by atoms with Gasteiger partial charge < -0.3 is 20.9 Å². The Morgan fingerprint density at radius 2 is 2.00 bits per heavy atom. The van der Waals surface area contributed by atoms with Gasteiger partial charge in [0.05, 0.1) is 16.8 Å². The van der Waals surface area contributed by atoms with Gasteiger partial charge in [0.15, 0.2) is 0 Å². The van der Waals surface area contributed by atoms with E-state index in [0.29, 0.717) is 23.8 Å². The number of piperidine rings is 1. The number of nitrogens with one attached hydrogen (secondary N) is 3. The molecular weight excluding hydrogens is 448 g/mol. The Hall–Kier alpha value is -3.07. The molecule has 3 N–H and O–H groups in total. The SMILES string of the molecule is CC1CCCCN1CCCNc1ccc(N/C=C2\C(=O)Nc3cc(F)ccc32)cc1C(F)(F)F. The van der Waals surface area contributed by atoms with Gasteiger partial charge >= 0.3 is 6.18 Å². The maximum atomic E-state index is 13.7. The highest BCUT2D eigenvalue weighted by Gasteiger charge is 2.34. The topological polar surface area (TPSA) is 56.4 Å². The Labute approximate surface area is 196 Å². The molecule has 2 aromatic carbocycles. The van der Waals surface area contributed by atoms with Gasteiger partial charge in [-0.1, -0.05) is 6.42 Å². The number of halogens is 4. The number of rotatable bonds is 7. The van der Waals surface area contributed by atoms with Crippen molar-refractivity contribution in [3.05, 3.63) is 59.5 Å². The third-order valence-corrected chi connectivity index (χ3v) is 6.35. The highest BCUT2D eigenvalue weighted by Crippen LogP contribution is 2.37. The van der Waals surface area contributed by atoms with Gasteiger partial charge in [-0.25, -0.2) is 4.39 Å². The molecule has 9 heteroatoms. The Morgan fingerprint density at radius 1 is 1.18 bits per heavy atom. The maximum absolute atomic E-state index is 13.7. The lowest BCUT2D eigenvalue weighted by Gasteiger charge is -2.33. The average Bonchev–Trinajstić information content (AvgIpc) is 3.10. The third-order valence-electron chi connectivity index (χ3n) is 6.35. The van der Waals surface area contributed by atoms with E-state index < -0.39 is 23.5 Å². The Kier molecular flexibility index (Phi) is 7.11. The Balaban J connectivity index is 1.43. The zero-order valence-corrected chi connectivity index (χ0v) is 18.9. The monoisotopic (exact) mass is 476 g/mol. The van der Waals surface area contributed by atoms with Gasteiger partial charge in [-0.05, 0) is 69.1 Å². The van der Waals surface area contributed by atoms with Crippen LogP contribution in [-0.2, 0) is 11.0 Å². The summed E-state index contributed by atoms with van der Waals surface area (Å²) < 4.78 is 54.6. The predicted octanol–water partition coefficient (Wildman–Crippen LogP) is 5.93. The summed E-state index contributed by atoms with van der Waals surface area (Å²) in [5.41, 5.74) is 0.467. The van der Waals surface area contributed by atoms with Crippen LogP contribution in [0.3, 0.4) is 0 Å². The van der Waals surface area contributed by atoms with E-state index in [1.54, 1.807) is 0 Å². The van der Waals surface area contributed by atoms with Crippen molar-refractivity contribution in [1.82, 2.24) is 4.90 Å². The summed E-state index contributed by atoms with van der Waals surface area (Å²) >= 11 is 0. The maximum Gasteiger partial charge on any atom is 0.418 e. The van der Waals surface area contributed by atoms with Crippen LogP contribution in [0.25, 0.3) is 5.57 Å². The van der Waals surface area contributed by atoms with E-state index >= 15 is 0 Å². The average molecular weight is 477 g/mol. The van der Waals surface area contributed by atoms with Crippen LogP contribution in [0.4, 0.5) is 34.6 Å². The Morgan fingerprint density at radius 3 is 2.76 bits per heavy atom. The number of hydrogen-bond donors (Lipinski definition) is 3. The van der Waals surface area contributed by atoms with Crippen LogP contribution < -0.4 is 16.0 Å². The lowest BCUT2D eigenvalue weighted by molar-refractivity contribution is -0.136. The molecular formula is C25H28F4N4O. The molecule has 0 aromatic heterocycles. The van der Waals surface area contributed by atoms with E-state index in [9.17, 15) is 22.4 Å². The minimum atomic E-state index is -4.54. The summed E-state index contributed by atoms with van der Waals surface area (Å²) in [4.78, 5) is 14.6. The highest BCUT2D eigenvalue weighted by molar-refractivity contribution is 6.31. The largest absolute Gasteiger partial charge is 0.418 e. The zero-order valence-electron chi connectivity index (χ0n) is 18.9. The molecule has 2 aliphatic heterocycles. The molecule has 0 bridgehead atoms. The minimum absolute atomic E-state index is 0.0248.